The van der Waals surface area contributed by atoms with Crippen molar-refractivity contribution in [3.05, 3.63) is 0 Å². The van der Waals surface area contributed by atoms with Crippen molar-refractivity contribution in [2.45, 2.75) is 58.8 Å². The number of carbonyl (C=O) groups is 2. The second kappa shape index (κ2) is 7.65. The van der Waals surface area contributed by atoms with Crippen LogP contribution >= 0.6 is 0 Å². The fourth-order valence-corrected chi connectivity index (χ4v) is 3.23. The monoisotopic (exact) mass is 284 g/mol. The van der Waals surface area contributed by atoms with Gasteiger partial charge in [0.15, 0.2) is 0 Å². The highest BCUT2D eigenvalue weighted by molar-refractivity contribution is 5.78. The first-order valence-corrected chi connectivity index (χ1v) is 7.57. The van der Waals surface area contributed by atoms with Crippen LogP contribution in [-0.2, 0) is 19.1 Å². The van der Waals surface area contributed by atoms with Crippen molar-refractivity contribution in [1.82, 2.24) is 0 Å². The van der Waals surface area contributed by atoms with Crippen LogP contribution in [0.15, 0.2) is 0 Å². The van der Waals surface area contributed by atoms with Gasteiger partial charge in [-0.25, -0.2) is 0 Å². The average Bonchev–Trinajstić information content (AvgIpc) is 2.45. The highest BCUT2D eigenvalue weighted by Gasteiger charge is 2.36. The molecule has 0 amide bonds. The van der Waals surface area contributed by atoms with Gasteiger partial charge in [-0.1, -0.05) is 32.1 Å². The van der Waals surface area contributed by atoms with Gasteiger partial charge in [-0.3, -0.25) is 9.59 Å². The van der Waals surface area contributed by atoms with E-state index in [0.717, 1.165) is 6.42 Å². The van der Waals surface area contributed by atoms with E-state index in [1.807, 2.05) is 13.8 Å². The number of hydrogen-bond donors (Lipinski definition) is 0. The number of ether oxygens (including phenoxy) is 2. The molecule has 0 radical (unpaired) electrons. The molecule has 0 bridgehead atoms. The van der Waals surface area contributed by atoms with E-state index in [1.54, 1.807) is 0 Å². The Labute approximate surface area is 122 Å². The predicted molar refractivity (Wildman–Crippen MR) is 77.1 cm³/mol. The first-order valence-electron chi connectivity index (χ1n) is 7.57. The summed E-state index contributed by atoms with van der Waals surface area (Å²) in [4.78, 5) is 23.8. The molecule has 20 heavy (non-hydrogen) atoms. The number of carbonyl (C=O) groups excluding carboxylic acids is 2. The van der Waals surface area contributed by atoms with Gasteiger partial charge in [-0.2, -0.15) is 0 Å². The third-order valence-corrected chi connectivity index (χ3v) is 4.37. The van der Waals surface area contributed by atoms with Crippen molar-refractivity contribution in [3.8, 4) is 0 Å². The van der Waals surface area contributed by atoms with Crippen LogP contribution in [0.3, 0.4) is 0 Å². The Morgan fingerprint density at radius 3 is 2.20 bits per heavy atom. The van der Waals surface area contributed by atoms with Crippen molar-refractivity contribution < 1.29 is 19.1 Å². The summed E-state index contributed by atoms with van der Waals surface area (Å²) < 4.78 is 9.75. The summed E-state index contributed by atoms with van der Waals surface area (Å²) in [5.74, 6) is -0.0962. The van der Waals surface area contributed by atoms with Crippen molar-refractivity contribution in [3.63, 3.8) is 0 Å². The molecular formula is C16H28O4. The van der Waals surface area contributed by atoms with Crippen LogP contribution in [0.5, 0.6) is 0 Å². The molecule has 0 heterocycles. The minimum atomic E-state index is -0.651. The first kappa shape index (κ1) is 17.0. The molecule has 1 rings (SSSR count). The van der Waals surface area contributed by atoms with Crippen molar-refractivity contribution in [1.29, 1.82) is 0 Å². The van der Waals surface area contributed by atoms with Crippen molar-refractivity contribution in [2.75, 3.05) is 14.2 Å². The van der Waals surface area contributed by atoms with E-state index in [-0.39, 0.29) is 17.9 Å². The van der Waals surface area contributed by atoms with Gasteiger partial charge in [-0.05, 0) is 32.6 Å². The van der Waals surface area contributed by atoms with Crippen LogP contribution in [0.4, 0.5) is 0 Å². The van der Waals surface area contributed by atoms with Crippen LogP contribution in [0.2, 0.25) is 0 Å². The van der Waals surface area contributed by atoms with E-state index in [2.05, 4.69) is 0 Å². The number of methoxy groups -OCH3 is 2. The second-order valence-corrected chi connectivity index (χ2v) is 6.54. The largest absolute Gasteiger partial charge is 0.469 e. The molecule has 0 spiro atoms. The molecule has 0 saturated heterocycles. The highest BCUT2D eigenvalue weighted by Crippen LogP contribution is 2.35. The zero-order chi connectivity index (χ0) is 15.2. The van der Waals surface area contributed by atoms with Gasteiger partial charge in [0.1, 0.15) is 0 Å². The SMILES string of the molecule is COC(=O)C(CC1CCCCC1)CC(C)(C)C(=O)OC. The topological polar surface area (TPSA) is 52.6 Å². The molecule has 116 valence electrons. The Hall–Kier alpha value is -1.06. The summed E-state index contributed by atoms with van der Waals surface area (Å²) in [6, 6.07) is 0. The summed E-state index contributed by atoms with van der Waals surface area (Å²) in [5, 5.41) is 0. The molecule has 0 aromatic heterocycles. The van der Waals surface area contributed by atoms with Crippen LogP contribution in [0, 0.1) is 17.3 Å². The van der Waals surface area contributed by atoms with E-state index in [9.17, 15) is 9.59 Å². The Morgan fingerprint density at radius 2 is 1.70 bits per heavy atom. The third-order valence-electron chi connectivity index (χ3n) is 4.37. The van der Waals surface area contributed by atoms with Crippen molar-refractivity contribution >= 4 is 11.9 Å². The smallest absolute Gasteiger partial charge is 0.311 e. The van der Waals surface area contributed by atoms with Crippen LogP contribution in [-0.4, -0.2) is 26.2 Å². The molecule has 1 aliphatic carbocycles. The van der Waals surface area contributed by atoms with E-state index < -0.39 is 5.41 Å². The molecule has 4 nitrogen and oxygen atoms in total. The van der Waals surface area contributed by atoms with E-state index in [0.29, 0.717) is 12.3 Å². The Morgan fingerprint density at radius 1 is 1.10 bits per heavy atom. The maximum absolute atomic E-state index is 12.0. The Kier molecular flexibility index (Phi) is 6.50. The number of hydrogen-bond acceptors (Lipinski definition) is 4. The lowest BCUT2D eigenvalue weighted by Gasteiger charge is -2.29. The molecule has 4 heteroatoms. The lowest BCUT2D eigenvalue weighted by molar-refractivity contribution is -0.155. The molecule has 0 aromatic carbocycles. The summed E-state index contributed by atoms with van der Waals surface area (Å²) >= 11 is 0. The lowest BCUT2D eigenvalue weighted by atomic mass is 9.76. The van der Waals surface area contributed by atoms with E-state index in [1.165, 1.54) is 46.3 Å². The van der Waals surface area contributed by atoms with Gasteiger partial charge in [0.2, 0.25) is 0 Å². The zero-order valence-corrected chi connectivity index (χ0v) is 13.2. The maximum atomic E-state index is 12.0. The first-order chi connectivity index (χ1) is 9.40. The summed E-state index contributed by atoms with van der Waals surface area (Å²) in [6.07, 6.45) is 7.49. The molecular weight excluding hydrogens is 256 g/mol. The quantitative estimate of drug-likeness (QED) is 0.702. The maximum Gasteiger partial charge on any atom is 0.311 e. The molecule has 0 aliphatic heterocycles. The van der Waals surface area contributed by atoms with Gasteiger partial charge in [0.25, 0.3) is 0 Å². The van der Waals surface area contributed by atoms with E-state index in [4.69, 9.17) is 9.47 Å². The third kappa shape index (κ3) is 4.80. The Bertz CT molecular complexity index is 329. The second-order valence-electron chi connectivity index (χ2n) is 6.54. The predicted octanol–water partition coefficient (Wildman–Crippen LogP) is 3.34. The fraction of sp³-hybridized carbons (Fsp3) is 0.875. The summed E-state index contributed by atoms with van der Waals surface area (Å²) in [6.45, 7) is 3.66. The molecule has 1 saturated carbocycles. The minimum Gasteiger partial charge on any atom is -0.469 e. The lowest BCUT2D eigenvalue weighted by Crippen LogP contribution is -2.32. The van der Waals surface area contributed by atoms with Gasteiger partial charge in [0, 0.05) is 0 Å². The summed E-state index contributed by atoms with van der Waals surface area (Å²) in [5.41, 5.74) is -0.651. The molecule has 0 N–H and O–H groups in total. The Balaban J connectivity index is 2.68. The van der Waals surface area contributed by atoms with Gasteiger partial charge < -0.3 is 9.47 Å². The number of rotatable bonds is 6. The van der Waals surface area contributed by atoms with Gasteiger partial charge in [0.05, 0.1) is 25.6 Å². The van der Waals surface area contributed by atoms with Crippen molar-refractivity contribution in [2.24, 2.45) is 17.3 Å². The molecule has 1 unspecified atom stereocenters. The summed E-state index contributed by atoms with van der Waals surface area (Å²) in [7, 11) is 2.81. The zero-order valence-electron chi connectivity index (χ0n) is 13.2. The number of esters is 2. The normalized spacial score (nSPS) is 18.4. The van der Waals surface area contributed by atoms with Gasteiger partial charge >= 0.3 is 11.9 Å². The standard InChI is InChI=1S/C16H28O4/c1-16(2,15(18)20-4)11-13(14(17)19-3)10-12-8-6-5-7-9-12/h12-13H,5-11H2,1-4H3. The fourth-order valence-electron chi connectivity index (χ4n) is 3.23. The molecule has 0 aromatic rings. The van der Waals surface area contributed by atoms with Crippen LogP contribution in [0.25, 0.3) is 0 Å². The molecule has 1 fully saturated rings. The minimum absolute atomic E-state index is 0.201. The van der Waals surface area contributed by atoms with Gasteiger partial charge in [-0.15, -0.1) is 0 Å². The molecule has 1 aliphatic rings. The molecule has 1 atom stereocenters. The highest BCUT2D eigenvalue weighted by atomic mass is 16.5. The van der Waals surface area contributed by atoms with E-state index >= 15 is 0 Å². The van der Waals surface area contributed by atoms with Crippen LogP contribution in [0.1, 0.15) is 58.8 Å². The van der Waals surface area contributed by atoms with Crippen LogP contribution < -0.4 is 0 Å². The average molecular weight is 284 g/mol.